The van der Waals surface area contributed by atoms with Crippen LogP contribution in [-0.2, 0) is 4.79 Å². The van der Waals surface area contributed by atoms with E-state index in [1.807, 2.05) is 24.3 Å². The quantitative estimate of drug-likeness (QED) is 0.378. The molecular weight excluding hydrogens is 502 g/mol. The van der Waals surface area contributed by atoms with Crippen LogP contribution >= 0.6 is 0 Å². The first-order valence-corrected chi connectivity index (χ1v) is 14.4. The van der Waals surface area contributed by atoms with Gasteiger partial charge >= 0.3 is 6.01 Å². The Kier molecular flexibility index (Phi) is 6.23. The second-order valence-electron chi connectivity index (χ2n) is 11.5. The van der Waals surface area contributed by atoms with Crippen molar-refractivity contribution in [1.82, 2.24) is 20.2 Å². The molecule has 3 fully saturated rings. The third-order valence-corrected chi connectivity index (χ3v) is 9.11. The fraction of sp³-hybridized carbons (Fsp3) is 0.406. The average molecular weight is 538 g/mol. The lowest BCUT2D eigenvalue weighted by molar-refractivity contribution is -0.120. The maximum absolute atomic E-state index is 12.1. The number of aromatic hydroxyl groups is 1. The third kappa shape index (κ3) is 4.31. The summed E-state index contributed by atoms with van der Waals surface area (Å²) < 4.78 is 6.46. The van der Waals surface area contributed by atoms with Gasteiger partial charge in [0.15, 0.2) is 0 Å². The zero-order valence-corrected chi connectivity index (χ0v) is 22.9. The minimum atomic E-state index is 0.0632. The molecule has 0 aliphatic carbocycles. The largest absolute Gasteiger partial charge is 0.508 e. The summed E-state index contributed by atoms with van der Waals surface area (Å²) in [6, 6.07) is 16.3. The maximum atomic E-state index is 12.1. The molecule has 0 spiro atoms. The number of anilines is 1. The van der Waals surface area contributed by atoms with Crippen molar-refractivity contribution < 1.29 is 14.6 Å². The van der Waals surface area contributed by atoms with Gasteiger partial charge in [-0.15, -0.1) is 0 Å². The first-order chi connectivity index (χ1) is 19.5. The Morgan fingerprint density at radius 1 is 0.975 bits per heavy atom. The number of phenols is 1. The molecule has 0 atom stereocenters. The number of nitrogens with one attached hydrogen (secondary N) is 1. The van der Waals surface area contributed by atoms with E-state index in [0.29, 0.717) is 38.7 Å². The number of benzene rings is 3. The molecule has 4 heterocycles. The van der Waals surface area contributed by atoms with E-state index in [0.717, 1.165) is 70.1 Å². The highest BCUT2D eigenvalue weighted by molar-refractivity contribution is 6.02. The molecule has 8 nitrogen and oxygen atoms in total. The molecule has 0 unspecified atom stereocenters. The molecule has 3 aliphatic heterocycles. The lowest BCUT2D eigenvalue weighted by atomic mass is 9.93. The Labute approximate surface area is 234 Å². The predicted molar refractivity (Wildman–Crippen MR) is 157 cm³/mol. The van der Waals surface area contributed by atoms with Crippen LogP contribution in [0.1, 0.15) is 37.7 Å². The van der Waals surface area contributed by atoms with Gasteiger partial charge in [-0.25, -0.2) is 0 Å². The molecule has 40 heavy (non-hydrogen) atoms. The van der Waals surface area contributed by atoms with Gasteiger partial charge in [-0.05, 0) is 91.4 Å². The Bertz CT molecular complexity index is 1610. The summed E-state index contributed by atoms with van der Waals surface area (Å²) in [7, 11) is 0. The summed E-state index contributed by atoms with van der Waals surface area (Å²) in [5, 5.41) is 16.5. The third-order valence-electron chi connectivity index (χ3n) is 9.11. The summed E-state index contributed by atoms with van der Waals surface area (Å²) >= 11 is 0. The van der Waals surface area contributed by atoms with E-state index in [2.05, 4.69) is 40.2 Å². The number of amides is 1. The highest BCUT2D eigenvalue weighted by atomic mass is 16.5. The van der Waals surface area contributed by atoms with Crippen LogP contribution in [0, 0.1) is 6.92 Å². The van der Waals surface area contributed by atoms with Gasteiger partial charge in [0.2, 0.25) is 5.91 Å². The molecule has 3 saturated heterocycles. The Balaban J connectivity index is 1.35. The van der Waals surface area contributed by atoms with Crippen LogP contribution in [0.5, 0.6) is 11.8 Å². The van der Waals surface area contributed by atoms with Gasteiger partial charge in [0, 0.05) is 31.4 Å². The Morgan fingerprint density at radius 2 is 1.80 bits per heavy atom. The minimum Gasteiger partial charge on any atom is -0.508 e. The monoisotopic (exact) mass is 537 g/mol. The topological polar surface area (TPSA) is 90.8 Å². The van der Waals surface area contributed by atoms with Crippen molar-refractivity contribution in [1.29, 1.82) is 0 Å². The Hall–Kier alpha value is -3.91. The molecule has 1 aromatic heterocycles. The maximum Gasteiger partial charge on any atom is 0.319 e. The molecule has 3 aliphatic rings. The highest BCUT2D eigenvalue weighted by Crippen LogP contribution is 2.41. The van der Waals surface area contributed by atoms with Gasteiger partial charge in [0.05, 0.1) is 11.1 Å². The van der Waals surface area contributed by atoms with Crippen LogP contribution in [0.15, 0.2) is 48.5 Å². The molecule has 4 aromatic rings. The van der Waals surface area contributed by atoms with Crippen LogP contribution in [0.2, 0.25) is 0 Å². The van der Waals surface area contributed by atoms with Crippen LogP contribution < -0.4 is 15.0 Å². The summed E-state index contributed by atoms with van der Waals surface area (Å²) in [6.07, 6.45) is 5.15. The van der Waals surface area contributed by atoms with Crippen LogP contribution in [0.4, 0.5) is 5.82 Å². The van der Waals surface area contributed by atoms with E-state index in [-0.39, 0.29) is 17.2 Å². The standard InChI is InChI=1S/C32H35N5O3/c1-21-24(27-19-23(38)18-22-6-2-3-7-25(22)27)8-9-26-29(21)34-31(35-30(26)36-16-10-28(39)33-13-17-36)40-20-32-11-4-14-37(32)15-5-12-32/h2-3,6-9,18-19,38H,4-5,10-17,20H2,1H3,(H,33,39). The first kappa shape index (κ1) is 25.1. The van der Waals surface area contributed by atoms with E-state index in [1.165, 1.54) is 12.8 Å². The number of ether oxygens (including phenoxy) is 1. The average Bonchev–Trinajstić information content (AvgIpc) is 3.46. The van der Waals surface area contributed by atoms with Gasteiger partial charge in [-0.3, -0.25) is 9.69 Å². The number of nitrogens with zero attached hydrogens (tertiary/aromatic N) is 4. The van der Waals surface area contributed by atoms with Crippen LogP contribution in [-0.4, -0.2) is 70.8 Å². The number of fused-ring (bicyclic) bond motifs is 3. The molecule has 7 rings (SSSR count). The predicted octanol–water partition coefficient (Wildman–Crippen LogP) is 4.80. The van der Waals surface area contributed by atoms with Gasteiger partial charge in [0.1, 0.15) is 18.2 Å². The summed E-state index contributed by atoms with van der Waals surface area (Å²) in [4.78, 5) is 26.8. The molecule has 1 amide bonds. The zero-order chi connectivity index (χ0) is 27.3. The SMILES string of the molecule is Cc1c(-c2cc(O)cc3ccccc23)ccc2c(N3CCNC(=O)CC3)nc(OCC34CCCN3CCC4)nc12. The first-order valence-electron chi connectivity index (χ1n) is 14.4. The number of carbonyl (C=O) groups excluding carboxylic acids is 1. The second-order valence-corrected chi connectivity index (χ2v) is 11.5. The molecule has 0 radical (unpaired) electrons. The summed E-state index contributed by atoms with van der Waals surface area (Å²) in [5.74, 6) is 1.10. The van der Waals surface area contributed by atoms with Gasteiger partial charge in [-0.2, -0.15) is 9.97 Å². The van der Waals surface area contributed by atoms with Gasteiger partial charge in [0.25, 0.3) is 0 Å². The number of hydrogen-bond acceptors (Lipinski definition) is 7. The molecule has 0 bridgehead atoms. The van der Waals surface area contributed by atoms with Crippen molar-refractivity contribution in [2.75, 3.05) is 44.2 Å². The second kappa shape index (κ2) is 9.93. The van der Waals surface area contributed by atoms with E-state index in [1.54, 1.807) is 6.07 Å². The fourth-order valence-electron chi connectivity index (χ4n) is 7.05. The zero-order valence-electron chi connectivity index (χ0n) is 22.9. The van der Waals surface area contributed by atoms with E-state index in [4.69, 9.17) is 14.7 Å². The molecular formula is C32H35N5O3. The Morgan fingerprint density at radius 3 is 2.65 bits per heavy atom. The van der Waals surface area contributed by atoms with Gasteiger partial charge < -0.3 is 20.1 Å². The lowest BCUT2D eigenvalue weighted by Gasteiger charge is -2.31. The van der Waals surface area contributed by atoms with Crippen molar-refractivity contribution >= 4 is 33.4 Å². The summed E-state index contributed by atoms with van der Waals surface area (Å²) in [6.45, 7) is 6.79. The number of aromatic nitrogens is 2. The van der Waals surface area contributed by atoms with Crippen molar-refractivity contribution in [3.63, 3.8) is 0 Å². The van der Waals surface area contributed by atoms with E-state index in [9.17, 15) is 9.90 Å². The number of phenolic OH excluding ortho intramolecular Hbond substituents is 1. The minimum absolute atomic E-state index is 0.0632. The van der Waals surface area contributed by atoms with Crippen LogP contribution in [0.25, 0.3) is 32.8 Å². The molecule has 2 N–H and O–H groups in total. The van der Waals surface area contributed by atoms with E-state index < -0.39 is 0 Å². The number of carbonyl (C=O) groups is 1. The summed E-state index contributed by atoms with van der Waals surface area (Å²) in [5.41, 5.74) is 3.91. The number of hydrogen-bond donors (Lipinski definition) is 2. The normalized spacial score (nSPS) is 19.1. The molecule has 8 heteroatoms. The number of aryl methyl sites for hydroxylation is 1. The fourth-order valence-corrected chi connectivity index (χ4v) is 7.05. The molecule has 206 valence electrons. The van der Waals surface area contributed by atoms with Gasteiger partial charge in [-0.1, -0.05) is 30.3 Å². The van der Waals surface area contributed by atoms with Crippen molar-refractivity contribution in [3.05, 3.63) is 54.1 Å². The lowest BCUT2D eigenvalue weighted by Crippen LogP contribution is -2.43. The van der Waals surface area contributed by atoms with Crippen molar-refractivity contribution in [2.24, 2.45) is 0 Å². The van der Waals surface area contributed by atoms with E-state index >= 15 is 0 Å². The molecule has 0 saturated carbocycles. The molecule has 3 aromatic carbocycles. The van der Waals surface area contributed by atoms with Crippen LogP contribution in [0.3, 0.4) is 0 Å². The highest BCUT2D eigenvalue weighted by Gasteiger charge is 2.45. The smallest absolute Gasteiger partial charge is 0.319 e. The van der Waals surface area contributed by atoms with Crippen molar-refractivity contribution in [3.8, 4) is 22.9 Å². The number of rotatable bonds is 5. The van der Waals surface area contributed by atoms with Crippen molar-refractivity contribution in [2.45, 2.75) is 44.6 Å².